The lowest BCUT2D eigenvalue weighted by atomic mass is 9.96. The summed E-state index contributed by atoms with van der Waals surface area (Å²) in [5.41, 5.74) is -0.985. The maximum atomic E-state index is 14.9. The van der Waals surface area contributed by atoms with Crippen LogP contribution in [0.15, 0.2) is 28.7 Å². The summed E-state index contributed by atoms with van der Waals surface area (Å²) in [5.74, 6) is 0. The molecule has 1 amide bonds. The Kier molecular flexibility index (Phi) is 4.61. The van der Waals surface area contributed by atoms with Gasteiger partial charge in [0.15, 0.2) is 0 Å². The average Bonchev–Trinajstić information content (AvgIpc) is 2.73. The SMILES string of the molecule is CC(C)(C)OC(=O)N1CCC(F)(Cc2ccc(Br)cc2)C1. The summed E-state index contributed by atoms with van der Waals surface area (Å²) >= 11 is 3.36. The van der Waals surface area contributed by atoms with Gasteiger partial charge in [-0.3, -0.25) is 0 Å². The van der Waals surface area contributed by atoms with Gasteiger partial charge < -0.3 is 9.64 Å². The molecular formula is C16H21BrFNO2. The molecule has 1 heterocycles. The highest BCUT2D eigenvalue weighted by Crippen LogP contribution is 2.30. The molecule has 0 aromatic heterocycles. The average molecular weight is 358 g/mol. The van der Waals surface area contributed by atoms with Crippen LogP contribution in [0.2, 0.25) is 0 Å². The lowest BCUT2D eigenvalue weighted by Gasteiger charge is -2.25. The van der Waals surface area contributed by atoms with Gasteiger partial charge >= 0.3 is 6.09 Å². The van der Waals surface area contributed by atoms with E-state index in [4.69, 9.17) is 4.74 Å². The van der Waals surface area contributed by atoms with Crippen molar-refractivity contribution in [2.75, 3.05) is 13.1 Å². The van der Waals surface area contributed by atoms with E-state index < -0.39 is 17.4 Å². The molecule has 2 rings (SSSR count). The van der Waals surface area contributed by atoms with Gasteiger partial charge in [-0.25, -0.2) is 9.18 Å². The predicted molar refractivity (Wildman–Crippen MR) is 84.1 cm³/mol. The van der Waals surface area contributed by atoms with Crippen LogP contribution in [0.25, 0.3) is 0 Å². The Hall–Kier alpha value is -1.10. The molecule has 0 aliphatic carbocycles. The van der Waals surface area contributed by atoms with Gasteiger partial charge in [0, 0.05) is 23.9 Å². The van der Waals surface area contributed by atoms with E-state index in [-0.39, 0.29) is 6.54 Å². The predicted octanol–water partition coefficient (Wildman–Crippen LogP) is 4.34. The second kappa shape index (κ2) is 5.95. The molecule has 0 bridgehead atoms. The van der Waals surface area contributed by atoms with Crippen LogP contribution in [0.3, 0.4) is 0 Å². The lowest BCUT2D eigenvalue weighted by molar-refractivity contribution is 0.0258. The fourth-order valence-electron chi connectivity index (χ4n) is 2.43. The third-order valence-corrected chi connectivity index (χ3v) is 3.92. The minimum absolute atomic E-state index is 0.0952. The maximum Gasteiger partial charge on any atom is 0.410 e. The minimum atomic E-state index is -1.37. The number of benzene rings is 1. The smallest absolute Gasteiger partial charge is 0.410 e. The summed E-state index contributed by atoms with van der Waals surface area (Å²) in [4.78, 5) is 13.4. The second-order valence-electron chi connectivity index (χ2n) is 6.61. The van der Waals surface area contributed by atoms with Gasteiger partial charge in [-0.15, -0.1) is 0 Å². The molecule has 3 nitrogen and oxygen atoms in total. The Morgan fingerprint density at radius 3 is 2.57 bits per heavy atom. The van der Waals surface area contributed by atoms with Crippen LogP contribution >= 0.6 is 15.9 Å². The first-order valence-electron chi connectivity index (χ1n) is 7.08. The summed E-state index contributed by atoms with van der Waals surface area (Å²) in [6, 6.07) is 7.61. The molecule has 1 aromatic carbocycles. The van der Waals surface area contributed by atoms with Crippen LogP contribution < -0.4 is 0 Å². The first-order chi connectivity index (χ1) is 9.67. The zero-order chi connectivity index (χ0) is 15.7. The summed E-state index contributed by atoms with van der Waals surface area (Å²) < 4.78 is 21.1. The molecule has 0 spiro atoms. The van der Waals surface area contributed by atoms with Crippen LogP contribution in [0.5, 0.6) is 0 Å². The number of hydrogen-bond donors (Lipinski definition) is 0. The van der Waals surface area contributed by atoms with Crippen molar-refractivity contribution in [1.82, 2.24) is 4.90 Å². The molecule has 1 fully saturated rings. The monoisotopic (exact) mass is 357 g/mol. The minimum Gasteiger partial charge on any atom is -0.444 e. The van der Waals surface area contributed by atoms with E-state index in [1.165, 1.54) is 4.90 Å². The van der Waals surface area contributed by atoms with Crippen molar-refractivity contribution in [3.63, 3.8) is 0 Å². The molecule has 1 aliphatic rings. The third-order valence-electron chi connectivity index (χ3n) is 3.39. The molecule has 0 radical (unpaired) electrons. The first-order valence-corrected chi connectivity index (χ1v) is 7.87. The van der Waals surface area contributed by atoms with Crippen molar-refractivity contribution in [2.24, 2.45) is 0 Å². The lowest BCUT2D eigenvalue weighted by Crippen LogP contribution is -2.38. The molecule has 21 heavy (non-hydrogen) atoms. The molecule has 0 N–H and O–H groups in total. The van der Waals surface area contributed by atoms with E-state index in [9.17, 15) is 9.18 Å². The van der Waals surface area contributed by atoms with Gasteiger partial charge in [-0.05, 0) is 38.5 Å². The Morgan fingerprint density at radius 1 is 1.38 bits per heavy atom. The van der Waals surface area contributed by atoms with E-state index >= 15 is 0 Å². The van der Waals surface area contributed by atoms with Crippen molar-refractivity contribution in [1.29, 1.82) is 0 Å². The van der Waals surface area contributed by atoms with Crippen molar-refractivity contribution in [3.8, 4) is 0 Å². The normalized spacial score (nSPS) is 22.4. The molecule has 116 valence electrons. The van der Waals surface area contributed by atoms with Crippen LogP contribution in [-0.4, -0.2) is 35.4 Å². The highest BCUT2D eigenvalue weighted by Gasteiger charge is 2.41. The first kappa shape index (κ1) is 16.3. The Bertz CT molecular complexity index is 512. The van der Waals surface area contributed by atoms with Gasteiger partial charge in [-0.2, -0.15) is 0 Å². The number of rotatable bonds is 2. The topological polar surface area (TPSA) is 29.5 Å². The van der Waals surface area contributed by atoms with Crippen LogP contribution in [0, 0.1) is 0 Å². The molecule has 1 aliphatic heterocycles. The van der Waals surface area contributed by atoms with E-state index in [1.807, 2.05) is 45.0 Å². The Balaban J connectivity index is 1.96. The van der Waals surface area contributed by atoms with Gasteiger partial charge in [0.2, 0.25) is 0 Å². The van der Waals surface area contributed by atoms with Crippen LogP contribution in [0.1, 0.15) is 32.8 Å². The molecule has 1 saturated heterocycles. The maximum absolute atomic E-state index is 14.9. The number of carbonyl (C=O) groups excluding carboxylic acids is 1. The Morgan fingerprint density at radius 2 is 2.00 bits per heavy atom. The Labute approximate surface area is 133 Å². The standard InChI is InChI=1S/C16H21BrFNO2/c1-15(2,3)21-14(20)19-9-8-16(18,11-19)10-12-4-6-13(17)7-5-12/h4-7H,8-11H2,1-3H3. The number of carbonyl (C=O) groups is 1. The number of likely N-dealkylation sites (tertiary alicyclic amines) is 1. The highest BCUT2D eigenvalue weighted by atomic mass is 79.9. The van der Waals surface area contributed by atoms with Gasteiger partial charge in [0.25, 0.3) is 0 Å². The molecule has 0 saturated carbocycles. The number of alkyl halides is 1. The van der Waals surface area contributed by atoms with Crippen LogP contribution in [0.4, 0.5) is 9.18 Å². The van der Waals surface area contributed by atoms with Crippen molar-refractivity contribution in [3.05, 3.63) is 34.3 Å². The molecule has 1 unspecified atom stereocenters. The largest absolute Gasteiger partial charge is 0.444 e. The van der Waals surface area contributed by atoms with Gasteiger partial charge in [0.05, 0.1) is 6.54 Å². The van der Waals surface area contributed by atoms with E-state index in [1.54, 1.807) is 0 Å². The summed E-state index contributed by atoms with van der Waals surface area (Å²) in [6.07, 6.45) is 0.236. The summed E-state index contributed by atoms with van der Waals surface area (Å²) in [7, 11) is 0. The highest BCUT2D eigenvalue weighted by molar-refractivity contribution is 9.10. The number of halogens is 2. The number of nitrogens with zero attached hydrogens (tertiary/aromatic N) is 1. The van der Waals surface area contributed by atoms with E-state index in [2.05, 4.69) is 15.9 Å². The van der Waals surface area contributed by atoms with E-state index in [0.29, 0.717) is 19.4 Å². The zero-order valence-electron chi connectivity index (χ0n) is 12.7. The zero-order valence-corrected chi connectivity index (χ0v) is 14.2. The molecular weight excluding hydrogens is 337 g/mol. The van der Waals surface area contributed by atoms with Crippen molar-refractivity contribution in [2.45, 2.75) is 44.9 Å². The van der Waals surface area contributed by atoms with Crippen molar-refractivity contribution < 1.29 is 13.9 Å². The number of amides is 1. The third kappa shape index (κ3) is 4.70. The van der Waals surface area contributed by atoms with Crippen molar-refractivity contribution >= 4 is 22.0 Å². The van der Waals surface area contributed by atoms with Crippen LogP contribution in [-0.2, 0) is 11.2 Å². The molecule has 1 aromatic rings. The molecule has 1 atom stereocenters. The quantitative estimate of drug-likeness (QED) is 0.787. The number of ether oxygens (including phenoxy) is 1. The second-order valence-corrected chi connectivity index (χ2v) is 7.52. The van der Waals surface area contributed by atoms with E-state index in [0.717, 1.165) is 10.0 Å². The molecule has 5 heteroatoms. The van der Waals surface area contributed by atoms with Gasteiger partial charge in [-0.1, -0.05) is 28.1 Å². The fourth-order valence-corrected chi connectivity index (χ4v) is 2.69. The van der Waals surface area contributed by atoms with Gasteiger partial charge in [0.1, 0.15) is 11.3 Å². The summed E-state index contributed by atoms with van der Waals surface area (Å²) in [5, 5.41) is 0. The fraction of sp³-hybridized carbons (Fsp3) is 0.562. The number of hydrogen-bond acceptors (Lipinski definition) is 2. The summed E-state index contributed by atoms with van der Waals surface area (Å²) in [6.45, 7) is 5.93.